The predicted molar refractivity (Wildman–Crippen MR) is 67.3 cm³/mol. The summed E-state index contributed by atoms with van der Waals surface area (Å²) < 4.78 is 9.97. The Kier molecular flexibility index (Phi) is 4.91. The van der Waals surface area contributed by atoms with E-state index in [1.165, 1.54) is 0 Å². The van der Waals surface area contributed by atoms with Crippen LogP contribution in [-0.2, 0) is 19.1 Å². The van der Waals surface area contributed by atoms with Crippen molar-refractivity contribution in [3.05, 3.63) is 0 Å². The fraction of sp³-hybridized carbons (Fsp3) is 0.769. The van der Waals surface area contributed by atoms with Crippen molar-refractivity contribution in [2.24, 2.45) is 5.92 Å². The third kappa shape index (κ3) is 4.89. The van der Waals surface area contributed by atoms with Gasteiger partial charge in [-0.05, 0) is 33.6 Å². The Balaban J connectivity index is 2.53. The molecule has 108 valence electrons. The predicted octanol–water partition coefficient (Wildman–Crippen LogP) is 1.72. The van der Waals surface area contributed by atoms with E-state index in [9.17, 15) is 14.4 Å². The number of imide groups is 1. The van der Waals surface area contributed by atoms with Gasteiger partial charge in [0.2, 0.25) is 5.91 Å². The van der Waals surface area contributed by atoms with E-state index in [2.05, 4.69) is 0 Å². The summed E-state index contributed by atoms with van der Waals surface area (Å²) >= 11 is 0. The zero-order valence-electron chi connectivity index (χ0n) is 11.9. The van der Waals surface area contributed by atoms with Gasteiger partial charge in [-0.3, -0.25) is 9.59 Å². The second-order valence-corrected chi connectivity index (χ2v) is 5.56. The maximum atomic E-state index is 11.8. The molecule has 0 aromatic heterocycles. The van der Waals surface area contributed by atoms with Gasteiger partial charge < -0.3 is 9.47 Å². The lowest BCUT2D eigenvalue weighted by Crippen LogP contribution is -2.37. The summed E-state index contributed by atoms with van der Waals surface area (Å²) in [5, 5.41) is 0. The van der Waals surface area contributed by atoms with Gasteiger partial charge in [-0.25, -0.2) is 9.69 Å². The van der Waals surface area contributed by atoms with Crippen LogP contribution in [0.5, 0.6) is 0 Å². The van der Waals surface area contributed by atoms with E-state index >= 15 is 0 Å². The van der Waals surface area contributed by atoms with E-state index in [0.717, 1.165) is 4.90 Å². The number of carbonyl (C=O) groups excluding carboxylic acids is 3. The molecule has 0 spiro atoms. The normalized spacial score (nSPS) is 19.5. The third-order valence-corrected chi connectivity index (χ3v) is 2.58. The van der Waals surface area contributed by atoms with Crippen molar-refractivity contribution in [2.75, 3.05) is 13.2 Å². The highest BCUT2D eigenvalue weighted by Crippen LogP contribution is 2.23. The van der Waals surface area contributed by atoms with Gasteiger partial charge in [-0.15, -0.1) is 0 Å². The molecule has 1 aliphatic rings. The number of hydrogen-bond donors (Lipinski definition) is 0. The van der Waals surface area contributed by atoms with Crippen molar-refractivity contribution >= 4 is 18.0 Å². The Labute approximate surface area is 113 Å². The van der Waals surface area contributed by atoms with Crippen molar-refractivity contribution in [1.82, 2.24) is 4.90 Å². The smallest absolute Gasteiger partial charge is 0.417 e. The first kappa shape index (κ1) is 15.5. The molecule has 1 saturated heterocycles. The van der Waals surface area contributed by atoms with Crippen LogP contribution in [0.2, 0.25) is 0 Å². The average Bonchev–Trinajstić information content (AvgIpc) is 2.57. The van der Waals surface area contributed by atoms with Gasteiger partial charge in [-0.1, -0.05) is 0 Å². The van der Waals surface area contributed by atoms with Crippen molar-refractivity contribution < 1.29 is 23.9 Å². The Morgan fingerprint density at radius 2 is 2.00 bits per heavy atom. The van der Waals surface area contributed by atoms with E-state index in [4.69, 9.17) is 9.47 Å². The number of rotatable bonds is 3. The van der Waals surface area contributed by atoms with E-state index in [1.54, 1.807) is 27.7 Å². The zero-order chi connectivity index (χ0) is 14.6. The number of carbonyl (C=O) groups is 3. The van der Waals surface area contributed by atoms with Crippen molar-refractivity contribution in [3.63, 3.8) is 0 Å². The first-order valence-electron chi connectivity index (χ1n) is 6.42. The van der Waals surface area contributed by atoms with Gasteiger partial charge >= 0.3 is 12.1 Å². The maximum Gasteiger partial charge on any atom is 0.417 e. The first-order valence-corrected chi connectivity index (χ1v) is 6.42. The minimum atomic E-state index is -0.649. The molecule has 2 amide bonds. The van der Waals surface area contributed by atoms with Crippen LogP contribution in [0, 0.1) is 5.92 Å². The van der Waals surface area contributed by atoms with Crippen LogP contribution in [0.15, 0.2) is 0 Å². The third-order valence-electron chi connectivity index (χ3n) is 2.58. The van der Waals surface area contributed by atoms with Crippen molar-refractivity contribution in [3.8, 4) is 0 Å². The molecular formula is C13H21NO5. The number of esters is 1. The molecule has 0 bridgehead atoms. The summed E-state index contributed by atoms with van der Waals surface area (Å²) in [6.45, 7) is 7.47. The standard InChI is InChI=1S/C13H21NO5/c1-5-18-11(16)7-9-6-10(15)14(8-9)12(17)19-13(2,3)4/h9H,5-8H2,1-4H3/t9-/m0/s1. The molecule has 6 heteroatoms. The van der Waals surface area contributed by atoms with Crippen molar-refractivity contribution in [1.29, 1.82) is 0 Å². The number of hydrogen-bond acceptors (Lipinski definition) is 5. The summed E-state index contributed by atoms with van der Waals surface area (Å²) in [4.78, 5) is 35.9. The fourth-order valence-corrected chi connectivity index (χ4v) is 1.87. The topological polar surface area (TPSA) is 72.9 Å². The molecule has 0 N–H and O–H groups in total. The fourth-order valence-electron chi connectivity index (χ4n) is 1.87. The first-order chi connectivity index (χ1) is 8.73. The van der Waals surface area contributed by atoms with Gasteiger partial charge in [0, 0.05) is 13.0 Å². The van der Waals surface area contributed by atoms with Gasteiger partial charge in [0.15, 0.2) is 0 Å². The lowest BCUT2D eigenvalue weighted by Gasteiger charge is -2.23. The Morgan fingerprint density at radius 3 is 2.53 bits per heavy atom. The van der Waals surface area contributed by atoms with Gasteiger partial charge in [0.1, 0.15) is 5.60 Å². The van der Waals surface area contributed by atoms with Crippen LogP contribution in [-0.4, -0.2) is 41.6 Å². The molecule has 6 nitrogen and oxygen atoms in total. The average molecular weight is 271 g/mol. The number of ether oxygens (including phenoxy) is 2. The number of amides is 2. The van der Waals surface area contributed by atoms with Gasteiger partial charge in [0.05, 0.1) is 13.0 Å². The lowest BCUT2D eigenvalue weighted by molar-refractivity contribution is -0.144. The minimum Gasteiger partial charge on any atom is -0.466 e. The second kappa shape index (κ2) is 6.04. The molecule has 1 fully saturated rings. The largest absolute Gasteiger partial charge is 0.466 e. The maximum absolute atomic E-state index is 11.8. The van der Waals surface area contributed by atoms with Crippen LogP contribution in [0.1, 0.15) is 40.5 Å². The highest BCUT2D eigenvalue weighted by Gasteiger charge is 2.37. The van der Waals surface area contributed by atoms with Crippen LogP contribution in [0.25, 0.3) is 0 Å². The molecule has 0 aliphatic carbocycles. The molecular weight excluding hydrogens is 250 g/mol. The van der Waals surface area contributed by atoms with E-state index in [0.29, 0.717) is 6.61 Å². The molecule has 0 unspecified atom stereocenters. The van der Waals surface area contributed by atoms with Gasteiger partial charge in [0.25, 0.3) is 0 Å². The molecule has 0 aromatic rings. The molecule has 0 radical (unpaired) electrons. The Bertz CT molecular complexity index is 372. The molecule has 1 atom stereocenters. The van der Waals surface area contributed by atoms with Crippen LogP contribution < -0.4 is 0 Å². The molecule has 19 heavy (non-hydrogen) atoms. The van der Waals surface area contributed by atoms with E-state index in [-0.39, 0.29) is 37.2 Å². The van der Waals surface area contributed by atoms with Crippen molar-refractivity contribution in [2.45, 2.75) is 46.1 Å². The summed E-state index contributed by atoms with van der Waals surface area (Å²) in [5.41, 5.74) is -0.642. The lowest BCUT2D eigenvalue weighted by atomic mass is 10.1. The summed E-state index contributed by atoms with van der Waals surface area (Å²) in [6, 6.07) is 0. The second-order valence-electron chi connectivity index (χ2n) is 5.56. The molecule has 1 heterocycles. The molecule has 1 rings (SSSR count). The zero-order valence-corrected chi connectivity index (χ0v) is 11.9. The minimum absolute atomic E-state index is 0.152. The summed E-state index contributed by atoms with van der Waals surface area (Å²) in [6.07, 6.45) is -0.319. The van der Waals surface area contributed by atoms with Crippen LogP contribution in [0.3, 0.4) is 0 Å². The van der Waals surface area contributed by atoms with Gasteiger partial charge in [-0.2, -0.15) is 0 Å². The Hall–Kier alpha value is -1.59. The van der Waals surface area contributed by atoms with Crippen LogP contribution in [0.4, 0.5) is 4.79 Å². The highest BCUT2D eigenvalue weighted by atomic mass is 16.6. The van der Waals surface area contributed by atoms with E-state index in [1.807, 2.05) is 0 Å². The monoisotopic (exact) mass is 271 g/mol. The van der Waals surface area contributed by atoms with E-state index < -0.39 is 11.7 Å². The molecule has 0 aromatic carbocycles. The number of likely N-dealkylation sites (tertiary alicyclic amines) is 1. The van der Waals surface area contributed by atoms with Crippen LogP contribution >= 0.6 is 0 Å². The molecule has 0 saturated carbocycles. The Morgan fingerprint density at radius 1 is 1.37 bits per heavy atom. The number of nitrogens with zero attached hydrogens (tertiary/aromatic N) is 1. The summed E-state index contributed by atoms with van der Waals surface area (Å²) in [5.74, 6) is -0.825. The summed E-state index contributed by atoms with van der Waals surface area (Å²) in [7, 11) is 0. The molecule has 1 aliphatic heterocycles. The highest BCUT2D eigenvalue weighted by molar-refractivity contribution is 5.94. The SMILES string of the molecule is CCOC(=O)C[C@@H]1CC(=O)N(C(=O)OC(C)(C)C)C1. The quantitative estimate of drug-likeness (QED) is 0.731.